The lowest BCUT2D eigenvalue weighted by Gasteiger charge is -2.07. The summed E-state index contributed by atoms with van der Waals surface area (Å²) in [5.74, 6) is 0.868. The molecule has 34 heavy (non-hydrogen) atoms. The first-order chi connectivity index (χ1) is 16.5. The van der Waals surface area contributed by atoms with Crippen molar-refractivity contribution in [1.82, 2.24) is 5.43 Å². The molecule has 0 radical (unpaired) electrons. The lowest BCUT2D eigenvalue weighted by Crippen LogP contribution is -2.24. The fourth-order valence-electron chi connectivity index (χ4n) is 2.70. The minimum absolute atomic E-state index is 0.153. The summed E-state index contributed by atoms with van der Waals surface area (Å²) in [5.41, 5.74) is 3.56. The molecular formula is C26H25BrN2O5. The average molecular weight is 525 g/mol. The van der Waals surface area contributed by atoms with Gasteiger partial charge < -0.3 is 14.2 Å². The number of hydrogen-bond acceptors (Lipinski definition) is 6. The van der Waals surface area contributed by atoms with Crippen molar-refractivity contribution in [3.63, 3.8) is 0 Å². The lowest BCUT2D eigenvalue weighted by molar-refractivity contribution is -0.123. The van der Waals surface area contributed by atoms with Crippen LogP contribution in [0, 0.1) is 0 Å². The van der Waals surface area contributed by atoms with E-state index in [0.717, 1.165) is 28.6 Å². The van der Waals surface area contributed by atoms with Crippen LogP contribution in [-0.2, 0) is 4.79 Å². The number of ether oxygens (including phenoxy) is 3. The van der Waals surface area contributed by atoms with E-state index < -0.39 is 5.97 Å². The number of carbonyl (C=O) groups excluding carboxylic acids is 2. The van der Waals surface area contributed by atoms with Crippen molar-refractivity contribution in [3.8, 4) is 17.2 Å². The van der Waals surface area contributed by atoms with E-state index >= 15 is 0 Å². The number of hydrazone groups is 1. The van der Waals surface area contributed by atoms with Crippen molar-refractivity contribution in [2.45, 2.75) is 19.8 Å². The smallest absolute Gasteiger partial charge is 0.343 e. The molecule has 3 rings (SSSR count). The summed E-state index contributed by atoms with van der Waals surface area (Å²) in [4.78, 5) is 24.2. The molecule has 0 heterocycles. The van der Waals surface area contributed by atoms with Gasteiger partial charge in [-0.05, 0) is 84.8 Å². The number of hydrogen-bond donors (Lipinski definition) is 1. The predicted molar refractivity (Wildman–Crippen MR) is 134 cm³/mol. The third-order valence-corrected chi connectivity index (χ3v) is 5.06. The van der Waals surface area contributed by atoms with Gasteiger partial charge in [0.1, 0.15) is 17.2 Å². The topological polar surface area (TPSA) is 86.2 Å². The Kier molecular flexibility index (Phi) is 9.66. The second kappa shape index (κ2) is 13.2. The molecule has 3 aromatic carbocycles. The number of carbonyl (C=O) groups is 2. The lowest BCUT2D eigenvalue weighted by atomic mass is 10.2. The molecule has 0 saturated heterocycles. The van der Waals surface area contributed by atoms with Crippen molar-refractivity contribution >= 4 is 34.0 Å². The minimum atomic E-state index is -0.459. The first kappa shape index (κ1) is 25.0. The summed E-state index contributed by atoms with van der Waals surface area (Å²) >= 11 is 3.34. The molecular weight excluding hydrogens is 500 g/mol. The van der Waals surface area contributed by atoms with Gasteiger partial charge >= 0.3 is 5.97 Å². The molecule has 1 N–H and O–H groups in total. The maximum Gasteiger partial charge on any atom is 0.343 e. The molecule has 0 unspecified atom stereocenters. The van der Waals surface area contributed by atoms with E-state index in [-0.39, 0.29) is 12.5 Å². The van der Waals surface area contributed by atoms with Crippen LogP contribution in [0.2, 0.25) is 0 Å². The van der Waals surface area contributed by atoms with Crippen LogP contribution in [0.5, 0.6) is 17.2 Å². The highest BCUT2D eigenvalue weighted by molar-refractivity contribution is 9.10. The number of nitrogens with zero attached hydrogens (tertiary/aromatic N) is 1. The Labute approximate surface area is 206 Å². The van der Waals surface area contributed by atoms with Gasteiger partial charge in [-0.25, -0.2) is 10.2 Å². The molecule has 0 spiro atoms. The zero-order valence-electron chi connectivity index (χ0n) is 18.7. The quantitative estimate of drug-likeness (QED) is 0.120. The molecule has 0 aliphatic carbocycles. The maximum absolute atomic E-state index is 12.3. The molecule has 0 aliphatic heterocycles. The third-order valence-electron chi connectivity index (χ3n) is 4.53. The number of rotatable bonds is 11. The van der Waals surface area contributed by atoms with Gasteiger partial charge in [-0.1, -0.05) is 29.3 Å². The van der Waals surface area contributed by atoms with E-state index in [4.69, 9.17) is 14.2 Å². The Hall–Kier alpha value is -3.65. The van der Waals surface area contributed by atoms with E-state index in [1.807, 2.05) is 12.1 Å². The van der Waals surface area contributed by atoms with Gasteiger partial charge in [0, 0.05) is 4.47 Å². The summed E-state index contributed by atoms with van der Waals surface area (Å²) in [7, 11) is 0. The van der Waals surface area contributed by atoms with Crippen LogP contribution >= 0.6 is 15.9 Å². The standard InChI is InChI=1S/C26H25BrN2O5/c1-2-3-16-32-22-12-6-20(7-13-22)26(31)34-24-10-4-19(5-11-24)17-28-29-25(30)18-33-23-14-8-21(27)9-15-23/h4-15,17H,2-3,16,18H2,1H3,(H,29,30). The highest BCUT2D eigenvalue weighted by Crippen LogP contribution is 2.17. The minimum Gasteiger partial charge on any atom is -0.494 e. The van der Waals surface area contributed by atoms with Gasteiger partial charge in [0.15, 0.2) is 6.61 Å². The second-order valence-electron chi connectivity index (χ2n) is 7.22. The molecule has 1 amide bonds. The first-order valence-electron chi connectivity index (χ1n) is 10.8. The Morgan fingerprint density at radius 3 is 2.18 bits per heavy atom. The SMILES string of the molecule is CCCCOc1ccc(C(=O)Oc2ccc(C=NNC(=O)COc3ccc(Br)cc3)cc2)cc1. The second-order valence-corrected chi connectivity index (χ2v) is 8.14. The van der Waals surface area contributed by atoms with Crippen molar-refractivity contribution in [3.05, 3.63) is 88.4 Å². The number of halogens is 1. The Morgan fingerprint density at radius 2 is 1.50 bits per heavy atom. The van der Waals surface area contributed by atoms with Crippen LogP contribution in [0.3, 0.4) is 0 Å². The van der Waals surface area contributed by atoms with Gasteiger partial charge in [-0.15, -0.1) is 0 Å². The number of amides is 1. The summed E-state index contributed by atoms with van der Waals surface area (Å²) in [6, 6.07) is 20.8. The van der Waals surface area contributed by atoms with Gasteiger partial charge in [0.25, 0.3) is 5.91 Å². The zero-order valence-corrected chi connectivity index (χ0v) is 20.3. The van der Waals surface area contributed by atoms with E-state index in [0.29, 0.717) is 23.7 Å². The zero-order chi connectivity index (χ0) is 24.2. The van der Waals surface area contributed by atoms with Gasteiger partial charge in [0.2, 0.25) is 0 Å². The third kappa shape index (κ3) is 8.37. The molecule has 0 saturated carbocycles. The largest absolute Gasteiger partial charge is 0.494 e. The molecule has 7 nitrogen and oxygen atoms in total. The molecule has 0 aliphatic rings. The van der Waals surface area contributed by atoms with Crippen molar-refractivity contribution < 1.29 is 23.8 Å². The van der Waals surface area contributed by atoms with Crippen LogP contribution in [0.25, 0.3) is 0 Å². The summed E-state index contributed by atoms with van der Waals surface area (Å²) in [6.07, 6.45) is 3.53. The van der Waals surface area contributed by atoms with E-state index in [9.17, 15) is 9.59 Å². The van der Waals surface area contributed by atoms with Crippen LogP contribution < -0.4 is 19.6 Å². The fraction of sp³-hybridized carbons (Fsp3) is 0.192. The molecule has 0 fully saturated rings. The van der Waals surface area contributed by atoms with Gasteiger partial charge in [0.05, 0.1) is 18.4 Å². The number of esters is 1. The summed E-state index contributed by atoms with van der Waals surface area (Å²) < 4.78 is 17.3. The number of unbranched alkanes of at least 4 members (excludes halogenated alkanes) is 1. The first-order valence-corrected chi connectivity index (χ1v) is 11.6. The Balaban J connectivity index is 1.43. The highest BCUT2D eigenvalue weighted by atomic mass is 79.9. The van der Waals surface area contributed by atoms with Gasteiger partial charge in [-0.3, -0.25) is 4.79 Å². The van der Waals surface area contributed by atoms with Crippen molar-refractivity contribution in [2.75, 3.05) is 13.2 Å². The van der Waals surface area contributed by atoms with Crippen molar-refractivity contribution in [1.29, 1.82) is 0 Å². The van der Waals surface area contributed by atoms with Crippen molar-refractivity contribution in [2.24, 2.45) is 5.10 Å². The summed E-state index contributed by atoms with van der Waals surface area (Å²) in [6.45, 7) is 2.60. The molecule has 0 aromatic heterocycles. The van der Waals surface area contributed by atoms with Gasteiger partial charge in [-0.2, -0.15) is 5.10 Å². The molecule has 8 heteroatoms. The van der Waals surface area contributed by atoms with Crippen LogP contribution in [0.4, 0.5) is 0 Å². The van der Waals surface area contributed by atoms with Crippen LogP contribution in [0.15, 0.2) is 82.4 Å². The monoisotopic (exact) mass is 524 g/mol. The average Bonchev–Trinajstić information content (AvgIpc) is 2.85. The highest BCUT2D eigenvalue weighted by Gasteiger charge is 2.09. The Bertz CT molecular complexity index is 1100. The molecule has 0 atom stereocenters. The predicted octanol–water partition coefficient (Wildman–Crippen LogP) is 5.38. The molecule has 176 valence electrons. The van der Waals surface area contributed by atoms with E-state index in [1.165, 1.54) is 6.21 Å². The van der Waals surface area contributed by atoms with E-state index in [1.54, 1.807) is 60.7 Å². The summed E-state index contributed by atoms with van der Waals surface area (Å²) in [5, 5.41) is 3.91. The van der Waals surface area contributed by atoms with E-state index in [2.05, 4.69) is 33.4 Å². The number of benzene rings is 3. The molecule has 0 bridgehead atoms. The van der Waals surface area contributed by atoms with Crippen LogP contribution in [0.1, 0.15) is 35.7 Å². The number of nitrogens with one attached hydrogen (secondary N) is 1. The normalized spacial score (nSPS) is 10.6. The molecule has 3 aromatic rings. The Morgan fingerprint density at radius 1 is 0.882 bits per heavy atom. The fourth-order valence-corrected chi connectivity index (χ4v) is 2.96. The maximum atomic E-state index is 12.3. The van der Waals surface area contributed by atoms with Crippen LogP contribution in [-0.4, -0.2) is 31.3 Å².